The summed E-state index contributed by atoms with van der Waals surface area (Å²) in [5.41, 5.74) is 1.49. The van der Waals surface area contributed by atoms with Gasteiger partial charge in [0.05, 0.1) is 12.2 Å². The van der Waals surface area contributed by atoms with Crippen molar-refractivity contribution in [2.45, 2.75) is 32.5 Å². The number of anilines is 1. The van der Waals surface area contributed by atoms with Gasteiger partial charge in [0, 0.05) is 19.3 Å². The van der Waals surface area contributed by atoms with Crippen LogP contribution >= 0.6 is 0 Å². The van der Waals surface area contributed by atoms with Gasteiger partial charge in [-0.15, -0.1) is 0 Å². The normalized spacial score (nSPS) is 14.5. The van der Waals surface area contributed by atoms with Crippen molar-refractivity contribution >= 4 is 5.69 Å². The van der Waals surface area contributed by atoms with E-state index in [0.717, 1.165) is 17.7 Å². The Bertz CT molecular complexity index is 323. The van der Waals surface area contributed by atoms with Gasteiger partial charge >= 0.3 is 0 Å². The Kier molecular flexibility index (Phi) is 4.77. The second-order valence-corrected chi connectivity index (χ2v) is 4.34. The molecule has 1 rings (SSSR count). The van der Waals surface area contributed by atoms with E-state index in [1.165, 1.54) is 0 Å². The number of hydrogen-bond donors (Lipinski definition) is 2. The fourth-order valence-electron chi connectivity index (χ4n) is 1.36. The molecule has 2 N–H and O–H groups in total. The molecule has 16 heavy (non-hydrogen) atoms. The minimum atomic E-state index is -0.655. The Morgan fingerprint density at radius 3 is 2.81 bits per heavy atom. The molecule has 0 spiro atoms. The summed E-state index contributed by atoms with van der Waals surface area (Å²) in [4.78, 5) is 0. The van der Waals surface area contributed by atoms with Gasteiger partial charge < -0.3 is 15.2 Å². The smallest absolute Gasteiger partial charge is 0.0788 e. The van der Waals surface area contributed by atoms with Gasteiger partial charge in [0.1, 0.15) is 0 Å². The van der Waals surface area contributed by atoms with Crippen molar-refractivity contribution in [1.29, 1.82) is 0 Å². The van der Waals surface area contributed by atoms with Gasteiger partial charge in [0.2, 0.25) is 0 Å². The van der Waals surface area contributed by atoms with E-state index in [1.54, 1.807) is 7.11 Å². The summed E-state index contributed by atoms with van der Waals surface area (Å²) in [5.74, 6) is 0. The molecule has 0 bridgehead atoms. The molecule has 0 radical (unpaired) electrons. The Labute approximate surface area is 97.4 Å². The lowest BCUT2D eigenvalue weighted by molar-refractivity contribution is 0.0697. The third-order valence-electron chi connectivity index (χ3n) is 2.67. The van der Waals surface area contributed by atoms with E-state index in [1.807, 2.05) is 38.1 Å². The molecule has 0 saturated carbocycles. The number of methoxy groups -OCH3 is 1. The highest BCUT2D eigenvalue weighted by molar-refractivity contribution is 5.45. The first-order valence-corrected chi connectivity index (χ1v) is 5.61. The molecule has 0 aliphatic rings. The summed E-state index contributed by atoms with van der Waals surface area (Å²) in [7, 11) is 1.68. The first kappa shape index (κ1) is 13.0. The molecule has 90 valence electrons. The molecule has 1 unspecified atom stereocenters. The third kappa shape index (κ3) is 4.21. The molecular weight excluding hydrogens is 202 g/mol. The highest BCUT2D eigenvalue weighted by Crippen LogP contribution is 2.14. The lowest BCUT2D eigenvalue weighted by Gasteiger charge is -2.22. The van der Waals surface area contributed by atoms with Crippen molar-refractivity contribution < 1.29 is 9.84 Å². The molecule has 3 heteroatoms. The Balaban J connectivity index is 2.57. The van der Waals surface area contributed by atoms with Crippen LogP contribution in [0.1, 0.15) is 25.8 Å². The van der Waals surface area contributed by atoms with E-state index in [0.29, 0.717) is 13.2 Å². The van der Waals surface area contributed by atoms with Crippen molar-refractivity contribution in [3.8, 4) is 0 Å². The maximum absolute atomic E-state index is 9.87. The van der Waals surface area contributed by atoms with Crippen molar-refractivity contribution in [2.75, 3.05) is 19.0 Å². The lowest BCUT2D eigenvalue weighted by Crippen LogP contribution is -2.32. The summed E-state index contributed by atoms with van der Waals surface area (Å²) in [6.07, 6.45) is 0.734. The van der Waals surface area contributed by atoms with E-state index in [-0.39, 0.29) is 0 Å². The molecule has 0 aliphatic heterocycles. The first-order chi connectivity index (χ1) is 7.57. The Morgan fingerprint density at radius 2 is 2.19 bits per heavy atom. The van der Waals surface area contributed by atoms with Crippen LogP contribution in [0, 0.1) is 0 Å². The van der Waals surface area contributed by atoms with Crippen LogP contribution in [0.2, 0.25) is 0 Å². The predicted molar refractivity (Wildman–Crippen MR) is 66.6 cm³/mol. The zero-order valence-corrected chi connectivity index (χ0v) is 10.3. The van der Waals surface area contributed by atoms with Gasteiger partial charge in [0.25, 0.3) is 0 Å². The van der Waals surface area contributed by atoms with Crippen molar-refractivity contribution in [3.63, 3.8) is 0 Å². The fraction of sp³-hybridized carbons (Fsp3) is 0.538. The monoisotopic (exact) mass is 223 g/mol. The number of nitrogens with one attached hydrogen (secondary N) is 1. The van der Waals surface area contributed by atoms with Crippen molar-refractivity contribution in [1.82, 2.24) is 0 Å². The minimum absolute atomic E-state index is 0.555. The van der Waals surface area contributed by atoms with Crippen LogP contribution in [-0.2, 0) is 11.3 Å². The molecule has 0 fully saturated rings. The van der Waals surface area contributed by atoms with Crippen LogP contribution in [0.5, 0.6) is 0 Å². The highest BCUT2D eigenvalue weighted by atomic mass is 16.5. The molecule has 0 aliphatic carbocycles. The van der Waals surface area contributed by atoms with Gasteiger partial charge in [-0.3, -0.25) is 0 Å². The number of benzene rings is 1. The largest absolute Gasteiger partial charge is 0.388 e. The standard InChI is InChI=1S/C13H21NO2/c1-4-13(2,15)10-14-12-7-5-6-11(8-12)9-16-3/h5-8,14-15H,4,9-10H2,1-3H3. The summed E-state index contributed by atoms with van der Waals surface area (Å²) < 4.78 is 5.07. The average molecular weight is 223 g/mol. The Morgan fingerprint density at radius 1 is 1.44 bits per heavy atom. The van der Waals surface area contributed by atoms with E-state index in [2.05, 4.69) is 5.32 Å². The van der Waals surface area contributed by atoms with Crippen LogP contribution in [0.4, 0.5) is 5.69 Å². The molecule has 3 nitrogen and oxygen atoms in total. The highest BCUT2D eigenvalue weighted by Gasteiger charge is 2.16. The van der Waals surface area contributed by atoms with Gasteiger partial charge in [0.15, 0.2) is 0 Å². The first-order valence-electron chi connectivity index (χ1n) is 5.61. The third-order valence-corrected chi connectivity index (χ3v) is 2.67. The summed E-state index contributed by atoms with van der Waals surface area (Å²) in [5, 5.41) is 13.1. The molecule has 1 atom stereocenters. The van der Waals surface area contributed by atoms with Gasteiger partial charge in [-0.05, 0) is 31.0 Å². The molecular formula is C13H21NO2. The second-order valence-electron chi connectivity index (χ2n) is 4.34. The van der Waals surface area contributed by atoms with Crippen LogP contribution < -0.4 is 5.32 Å². The summed E-state index contributed by atoms with van der Waals surface area (Å²) >= 11 is 0. The van der Waals surface area contributed by atoms with Crippen LogP contribution in [0.15, 0.2) is 24.3 Å². The van der Waals surface area contributed by atoms with E-state index < -0.39 is 5.60 Å². The van der Waals surface area contributed by atoms with E-state index in [9.17, 15) is 5.11 Å². The van der Waals surface area contributed by atoms with E-state index >= 15 is 0 Å². The molecule has 0 heterocycles. The quantitative estimate of drug-likeness (QED) is 0.778. The SMILES string of the molecule is CCC(C)(O)CNc1cccc(COC)c1. The second kappa shape index (κ2) is 5.87. The van der Waals surface area contributed by atoms with Gasteiger partial charge in [-0.2, -0.15) is 0 Å². The maximum Gasteiger partial charge on any atom is 0.0788 e. The number of hydrogen-bond acceptors (Lipinski definition) is 3. The van der Waals surface area contributed by atoms with E-state index in [4.69, 9.17) is 4.74 Å². The lowest BCUT2D eigenvalue weighted by atomic mass is 10.0. The van der Waals surface area contributed by atoms with Crippen molar-refractivity contribution in [3.05, 3.63) is 29.8 Å². The van der Waals surface area contributed by atoms with Crippen LogP contribution in [0.25, 0.3) is 0 Å². The number of aliphatic hydroxyl groups is 1. The van der Waals surface area contributed by atoms with Gasteiger partial charge in [-0.1, -0.05) is 19.1 Å². The molecule has 0 aromatic heterocycles. The number of ether oxygens (including phenoxy) is 1. The average Bonchev–Trinajstić information content (AvgIpc) is 2.28. The summed E-state index contributed by atoms with van der Waals surface area (Å²) in [6.45, 7) is 4.97. The molecule has 1 aromatic carbocycles. The molecule has 0 saturated heterocycles. The fourth-order valence-corrected chi connectivity index (χ4v) is 1.36. The molecule has 0 amide bonds. The zero-order valence-electron chi connectivity index (χ0n) is 10.3. The van der Waals surface area contributed by atoms with Crippen molar-refractivity contribution in [2.24, 2.45) is 0 Å². The van der Waals surface area contributed by atoms with Gasteiger partial charge in [-0.25, -0.2) is 0 Å². The number of rotatable bonds is 6. The zero-order chi connectivity index (χ0) is 12.0. The van der Waals surface area contributed by atoms with Crippen LogP contribution in [0.3, 0.4) is 0 Å². The molecule has 1 aromatic rings. The van der Waals surface area contributed by atoms with Crippen LogP contribution in [-0.4, -0.2) is 24.4 Å². The maximum atomic E-state index is 9.87. The summed E-state index contributed by atoms with van der Waals surface area (Å²) in [6, 6.07) is 8.03. The topological polar surface area (TPSA) is 41.5 Å². The Hall–Kier alpha value is -1.06. The predicted octanol–water partition coefficient (Wildman–Crippen LogP) is 2.41. The minimum Gasteiger partial charge on any atom is -0.388 e.